The second kappa shape index (κ2) is 7.39. The van der Waals surface area contributed by atoms with Crippen LogP contribution in [0.15, 0.2) is 55.0 Å². The molecule has 1 amide bonds. The number of hydrogen-bond acceptors (Lipinski definition) is 5. The van der Waals surface area contributed by atoms with Crippen molar-refractivity contribution < 1.29 is 9.53 Å². The number of amides is 1. The van der Waals surface area contributed by atoms with Gasteiger partial charge in [0.25, 0.3) is 0 Å². The molecule has 0 spiro atoms. The van der Waals surface area contributed by atoms with Crippen LogP contribution in [-0.2, 0) is 6.54 Å². The van der Waals surface area contributed by atoms with Gasteiger partial charge in [0.2, 0.25) is 5.91 Å². The molecule has 0 aliphatic carbocycles. The number of carbonyl (C=O) groups is 1. The van der Waals surface area contributed by atoms with E-state index in [0.29, 0.717) is 18.7 Å². The normalized spacial score (nSPS) is 12.7. The minimum Gasteiger partial charge on any atom is -0.491 e. The Hall–Kier alpha value is -3.94. The van der Waals surface area contributed by atoms with E-state index >= 15 is 0 Å². The predicted molar refractivity (Wildman–Crippen MR) is 117 cm³/mol. The largest absolute Gasteiger partial charge is 0.491 e. The number of aromatic nitrogens is 5. The fraction of sp³-hybridized carbons (Fsp3) is 0.217. The van der Waals surface area contributed by atoms with Crippen molar-refractivity contribution in [3.8, 4) is 39.8 Å². The van der Waals surface area contributed by atoms with Crippen molar-refractivity contribution in [3.63, 3.8) is 0 Å². The fourth-order valence-corrected chi connectivity index (χ4v) is 3.92. The van der Waals surface area contributed by atoms with Gasteiger partial charge in [-0.25, -0.2) is 14.6 Å². The summed E-state index contributed by atoms with van der Waals surface area (Å²) in [6.45, 7) is 5.30. The van der Waals surface area contributed by atoms with E-state index in [0.717, 1.165) is 39.8 Å². The molecular formula is C23H22N6O2. The van der Waals surface area contributed by atoms with Crippen LogP contribution in [0.5, 0.6) is 5.75 Å². The van der Waals surface area contributed by atoms with Crippen LogP contribution in [0.4, 0.5) is 0 Å². The second-order valence-corrected chi connectivity index (χ2v) is 7.73. The van der Waals surface area contributed by atoms with Crippen LogP contribution in [0.1, 0.15) is 30.2 Å². The molecule has 1 aliphatic heterocycles. The van der Waals surface area contributed by atoms with E-state index < -0.39 is 5.91 Å². The Kier molecular flexibility index (Phi) is 4.54. The first kappa shape index (κ1) is 19.0. The lowest BCUT2D eigenvalue weighted by atomic mass is 9.97. The summed E-state index contributed by atoms with van der Waals surface area (Å²) in [4.78, 5) is 21.1. The van der Waals surface area contributed by atoms with Crippen molar-refractivity contribution in [2.24, 2.45) is 5.73 Å². The Morgan fingerprint density at radius 3 is 2.77 bits per heavy atom. The number of fused-ring (bicyclic) bond motifs is 3. The summed E-state index contributed by atoms with van der Waals surface area (Å²) in [6.07, 6.45) is 3.55. The van der Waals surface area contributed by atoms with Crippen LogP contribution in [0, 0.1) is 0 Å². The van der Waals surface area contributed by atoms with Gasteiger partial charge in [-0.3, -0.25) is 4.79 Å². The van der Waals surface area contributed by atoms with Gasteiger partial charge in [-0.15, -0.1) is 0 Å². The molecule has 4 aromatic rings. The zero-order valence-corrected chi connectivity index (χ0v) is 17.3. The van der Waals surface area contributed by atoms with Gasteiger partial charge in [-0.2, -0.15) is 5.10 Å². The van der Waals surface area contributed by atoms with Gasteiger partial charge in [0, 0.05) is 17.8 Å². The molecule has 1 aliphatic rings. The molecule has 8 nitrogen and oxygen atoms in total. The second-order valence-electron chi connectivity index (χ2n) is 7.73. The number of nitrogens with zero attached hydrogens (tertiary/aromatic N) is 5. The molecule has 5 rings (SSSR count). The van der Waals surface area contributed by atoms with Gasteiger partial charge in [0.1, 0.15) is 30.2 Å². The van der Waals surface area contributed by atoms with Crippen LogP contribution in [0.2, 0.25) is 0 Å². The molecule has 0 unspecified atom stereocenters. The molecule has 3 heterocycles. The SMILES string of the molecule is CC(C)n1ncnc1-c1cn2c(n1)-c1ccc(-c3ccccc3C(N)=O)cc1OCC2. The summed E-state index contributed by atoms with van der Waals surface area (Å²) >= 11 is 0. The Morgan fingerprint density at radius 1 is 1.13 bits per heavy atom. The Labute approximate surface area is 179 Å². The monoisotopic (exact) mass is 414 g/mol. The van der Waals surface area contributed by atoms with Gasteiger partial charge in [0.15, 0.2) is 5.82 Å². The molecule has 2 N–H and O–H groups in total. The average Bonchev–Trinajstić information content (AvgIpc) is 3.38. The molecule has 0 radical (unpaired) electrons. The first-order chi connectivity index (χ1) is 15.0. The Morgan fingerprint density at radius 2 is 1.97 bits per heavy atom. The lowest BCUT2D eigenvalue weighted by molar-refractivity contribution is 0.100. The van der Waals surface area contributed by atoms with Crippen LogP contribution in [0.3, 0.4) is 0 Å². The molecule has 31 heavy (non-hydrogen) atoms. The van der Waals surface area contributed by atoms with Crippen molar-refractivity contribution in [1.82, 2.24) is 24.3 Å². The molecule has 2 aromatic carbocycles. The summed E-state index contributed by atoms with van der Waals surface area (Å²) in [7, 11) is 0. The molecule has 2 aromatic heterocycles. The highest BCUT2D eigenvalue weighted by Gasteiger charge is 2.22. The van der Waals surface area contributed by atoms with E-state index in [1.807, 2.05) is 41.2 Å². The van der Waals surface area contributed by atoms with Crippen molar-refractivity contribution in [2.45, 2.75) is 26.4 Å². The quantitative estimate of drug-likeness (QED) is 0.550. The number of nitrogens with two attached hydrogens (primary N) is 1. The fourth-order valence-electron chi connectivity index (χ4n) is 3.92. The van der Waals surface area contributed by atoms with E-state index in [1.165, 1.54) is 0 Å². The number of rotatable bonds is 4. The number of hydrogen-bond donors (Lipinski definition) is 1. The van der Waals surface area contributed by atoms with Crippen molar-refractivity contribution >= 4 is 5.91 Å². The minimum atomic E-state index is -0.457. The first-order valence-corrected chi connectivity index (χ1v) is 10.2. The highest BCUT2D eigenvalue weighted by atomic mass is 16.5. The van der Waals surface area contributed by atoms with E-state index in [-0.39, 0.29) is 6.04 Å². The topological polar surface area (TPSA) is 101 Å². The number of imidazole rings is 1. The summed E-state index contributed by atoms with van der Waals surface area (Å²) in [5.41, 5.74) is 9.35. The number of ether oxygens (including phenoxy) is 1. The number of carbonyl (C=O) groups excluding carboxylic acids is 1. The number of benzene rings is 2. The highest BCUT2D eigenvalue weighted by molar-refractivity contribution is 6.00. The van der Waals surface area contributed by atoms with Gasteiger partial charge in [-0.1, -0.05) is 24.3 Å². The van der Waals surface area contributed by atoms with E-state index in [2.05, 4.69) is 28.5 Å². The molecule has 0 atom stereocenters. The summed E-state index contributed by atoms with van der Waals surface area (Å²) in [5.74, 6) is 1.82. The third-order valence-electron chi connectivity index (χ3n) is 5.38. The number of primary amides is 1. The molecule has 8 heteroatoms. The lowest BCUT2D eigenvalue weighted by Crippen LogP contribution is -2.12. The highest BCUT2D eigenvalue weighted by Crippen LogP contribution is 2.37. The van der Waals surface area contributed by atoms with Crippen LogP contribution < -0.4 is 10.5 Å². The van der Waals surface area contributed by atoms with Crippen LogP contribution in [0.25, 0.3) is 34.0 Å². The minimum absolute atomic E-state index is 0.183. The predicted octanol–water partition coefficient (Wildman–Crippen LogP) is 3.55. The zero-order valence-electron chi connectivity index (χ0n) is 17.3. The lowest BCUT2D eigenvalue weighted by Gasteiger charge is -2.11. The van der Waals surface area contributed by atoms with Crippen molar-refractivity contribution in [2.75, 3.05) is 6.61 Å². The van der Waals surface area contributed by atoms with Crippen LogP contribution in [-0.4, -0.2) is 36.8 Å². The molecule has 0 fully saturated rings. The van der Waals surface area contributed by atoms with Gasteiger partial charge >= 0.3 is 0 Å². The van der Waals surface area contributed by atoms with Gasteiger partial charge < -0.3 is 15.0 Å². The molecule has 156 valence electrons. The van der Waals surface area contributed by atoms with E-state index in [1.54, 1.807) is 18.5 Å². The van der Waals surface area contributed by atoms with E-state index in [4.69, 9.17) is 15.5 Å². The molecule has 0 saturated carbocycles. The van der Waals surface area contributed by atoms with Crippen molar-refractivity contribution in [3.05, 3.63) is 60.6 Å². The average molecular weight is 414 g/mol. The maximum atomic E-state index is 11.9. The summed E-state index contributed by atoms with van der Waals surface area (Å²) in [6, 6.07) is 13.4. The van der Waals surface area contributed by atoms with Crippen LogP contribution >= 0.6 is 0 Å². The third kappa shape index (κ3) is 3.26. The van der Waals surface area contributed by atoms with Gasteiger partial charge in [0.05, 0.1) is 12.1 Å². The molecule has 0 bridgehead atoms. The Bertz CT molecular complexity index is 1290. The smallest absolute Gasteiger partial charge is 0.249 e. The maximum Gasteiger partial charge on any atom is 0.249 e. The van der Waals surface area contributed by atoms with Crippen molar-refractivity contribution in [1.29, 1.82) is 0 Å². The van der Waals surface area contributed by atoms with Gasteiger partial charge in [-0.05, 0) is 43.2 Å². The molecule has 0 saturated heterocycles. The summed E-state index contributed by atoms with van der Waals surface area (Å²) < 4.78 is 9.98. The first-order valence-electron chi connectivity index (χ1n) is 10.2. The third-order valence-corrected chi connectivity index (χ3v) is 5.38. The zero-order chi connectivity index (χ0) is 21.5. The Balaban J connectivity index is 1.60. The van der Waals surface area contributed by atoms with E-state index in [9.17, 15) is 4.79 Å². The summed E-state index contributed by atoms with van der Waals surface area (Å²) in [5, 5.41) is 4.32. The molecular weight excluding hydrogens is 392 g/mol. The standard InChI is InChI=1S/C23H22N6O2/c1-14(2)29-23(25-13-26-29)19-12-28-9-10-31-20-11-15(7-8-18(20)22(28)27-19)16-5-3-4-6-17(16)21(24)30/h3-8,11-14H,9-10H2,1-2H3,(H2,24,30). The maximum absolute atomic E-state index is 11.9.